The van der Waals surface area contributed by atoms with Crippen molar-refractivity contribution >= 4 is 11.0 Å². The van der Waals surface area contributed by atoms with Crippen molar-refractivity contribution in [2.45, 2.75) is 26.3 Å². The van der Waals surface area contributed by atoms with Crippen LogP contribution in [-0.2, 0) is 31.2 Å². The minimum absolute atomic E-state index is 0.0838. The zero-order valence-corrected chi connectivity index (χ0v) is 14.6. The molecule has 0 spiro atoms. The van der Waals surface area contributed by atoms with E-state index in [0.717, 1.165) is 17.2 Å². The molecule has 3 aromatic rings. The largest absolute Gasteiger partial charge is 0.471 e. The van der Waals surface area contributed by atoms with E-state index in [4.69, 9.17) is 9.47 Å². The highest BCUT2D eigenvalue weighted by atomic mass is 19.4. The molecule has 3 rings (SSSR count). The van der Waals surface area contributed by atoms with Gasteiger partial charge in [0.25, 0.3) is 0 Å². The van der Waals surface area contributed by atoms with Crippen LogP contribution in [0.15, 0.2) is 30.3 Å². The molecule has 0 aliphatic carbocycles. The maximum absolute atomic E-state index is 13.5. The number of hydrogen-bond donors (Lipinski definition) is 0. The number of fused-ring (bicyclic) bond motifs is 1. The Balaban J connectivity index is 1.97. The van der Waals surface area contributed by atoms with E-state index in [0.29, 0.717) is 6.61 Å². The van der Waals surface area contributed by atoms with Gasteiger partial charge in [-0.1, -0.05) is 24.3 Å². The minimum atomic E-state index is -4.52. The van der Waals surface area contributed by atoms with Crippen molar-refractivity contribution < 1.29 is 22.6 Å². The van der Waals surface area contributed by atoms with Crippen molar-refractivity contribution in [2.75, 3.05) is 7.11 Å². The summed E-state index contributed by atoms with van der Waals surface area (Å²) in [6, 6.07) is 8.46. The summed E-state index contributed by atoms with van der Waals surface area (Å²) in [6.45, 7) is 2.06. The molecule has 2 aromatic heterocycles. The monoisotopic (exact) mass is 365 g/mol. The van der Waals surface area contributed by atoms with Gasteiger partial charge in [-0.2, -0.15) is 13.2 Å². The van der Waals surface area contributed by atoms with Crippen LogP contribution in [0.5, 0.6) is 5.88 Å². The van der Waals surface area contributed by atoms with Gasteiger partial charge in [-0.05, 0) is 24.1 Å². The van der Waals surface area contributed by atoms with Gasteiger partial charge < -0.3 is 9.47 Å². The second-order valence-electron chi connectivity index (χ2n) is 5.98. The number of nitrogens with zero attached hydrogens (tertiary/aromatic N) is 3. The molecule has 0 radical (unpaired) electrons. The molecule has 0 aliphatic heterocycles. The molecule has 26 heavy (non-hydrogen) atoms. The number of halogens is 3. The van der Waals surface area contributed by atoms with Gasteiger partial charge in [-0.15, -0.1) is 5.10 Å². The number of hydrogen-bond acceptors (Lipinski definition) is 4. The molecule has 0 amide bonds. The third-order valence-corrected chi connectivity index (χ3v) is 3.87. The van der Waals surface area contributed by atoms with Gasteiger partial charge in [-0.3, -0.25) is 0 Å². The first-order valence-electron chi connectivity index (χ1n) is 7.90. The Morgan fingerprint density at radius 1 is 1.12 bits per heavy atom. The average molecular weight is 365 g/mol. The summed E-state index contributed by atoms with van der Waals surface area (Å²) in [4.78, 5) is 4.17. The second kappa shape index (κ2) is 6.95. The predicted molar refractivity (Wildman–Crippen MR) is 89.7 cm³/mol. The molecule has 138 valence electrons. The fraction of sp³-hybridized carbons (Fsp3) is 0.333. The summed E-state index contributed by atoms with van der Waals surface area (Å²) in [5, 5.41) is 3.96. The fourth-order valence-electron chi connectivity index (χ4n) is 2.79. The highest BCUT2D eigenvalue weighted by Crippen LogP contribution is 2.38. The van der Waals surface area contributed by atoms with E-state index in [9.17, 15) is 13.2 Å². The smallest absolute Gasteiger partial charge is 0.417 e. The Morgan fingerprint density at radius 2 is 1.81 bits per heavy atom. The van der Waals surface area contributed by atoms with Crippen molar-refractivity contribution in [1.29, 1.82) is 0 Å². The molecule has 0 N–H and O–H groups in total. The Hall–Kier alpha value is -2.61. The first-order chi connectivity index (χ1) is 12.3. The minimum Gasteiger partial charge on any atom is -0.471 e. The molecule has 0 bridgehead atoms. The summed E-state index contributed by atoms with van der Waals surface area (Å²) in [7, 11) is 3.14. The Bertz CT molecular complexity index is 935. The SMILES string of the molecule is COCc1cccc(COc2nn(C)c3nc(C)cc(C(F)(F)F)c23)c1. The summed E-state index contributed by atoms with van der Waals surface area (Å²) >= 11 is 0. The summed E-state index contributed by atoms with van der Waals surface area (Å²) in [5.41, 5.74) is 1.38. The van der Waals surface area contributed by atoms with E-state index in [1.807, 2.05) is 24.3 Å². The predicted octanol–water partition coefficient (Wildman–Crippen LogP) is 4.02. The molecule has 5 nitrogen and oxygen atoms in total. The van der Waals surface area contributed by atoms with Gasteiger partial charge in [0, 0.05) is 19.9 Å². The van der Waals surface area contributed by atoms with E-state index >= 15 is 0 Å². The van der Waals surface area contributed by atoms with Crippen LogP contribution >= 0.6 is 0 Å². The van der Waals surface area contributed by atoms with Gasteiger partial charge in [0.2, 0.25) is 5.88 Å². The van der Waals surface area contributed by atoms with Crippen molar-refractivity contribution in [2.24, 2.45) is 7.05 Å². The van der Waals surface area contributed by atoms with Gasteiger partial charge in [0.15, 0.2) is 5.65 Å². The zero-order chi connectivity index (χ0) is 18.9. The van der Waals surface area contributed by atoms with Crippen molar-refractivity contribution in [3.8, 4) is 5.88 Å². The summed E-state index contributed by atoms with van der Waals surface area (Å²) < 4.78 is 52.4. The van der Waals surface area contributed by atoms with Crippen LogP contribution < -0.4 is 4.74 Å². The molecular weight excluding hydrogens is 347 g/mol. The Labute approximate surface area is 148 Å². The molecule has 0 saturated carbocycles. The lowest BCUT2D eigenvalue weighted by atomic mass is 10.1. The third kappa shape index (κ3) is 3.65. The standard InChI is InChI=1S/C18H18F3N3O2/c1-11-7-14(18(19,20)21)15-16(22-11)24(2)23-17(15)26-10-13-6-4-5-12(8-13)9-25-3/h4-8H,9-10H2,1-3H3. The number of benzene rings is 1. The molecule has 0 fully saturated rings. The highest BCUT2D eigenvalue weighted by Gasteiger charge is 2.36. The van der Waals surface area contributed by atoms with Crippen LogP contribution in [0.2, 0.25) is 0 Å². The van der Waals surface area contributed by atoms with E-state index < -0.39 is 11.7 Å². The Morgan fingerprint density at radius 3 is 2.46 bits per heavy atom. The van der Waals surface area contributed by atoms with Gasteiger partial charge in [0.05, 0.1) is 17.6 Å². The molecule has 0 atom stereocenters. The second-order valence-corrected chi connectivity index (χ2v) is 5.98. The maximum Gasteiger partial charge on any atom is 0.417 e. The van der Waals surface area contributed by atoms with Crippen LogP contribution in [0.1, 0.15) is 22.4 Å². The quantitative estimate of drug-likeness (QED) is 0.685. The van der Waals surface area contributed by atoms with Crippen LogP contribution in [0, 0.1) is 6.92 Å². The zero-order valence-electron chi connectivity index (χ0n) is 14.6. The number of rotatable bonds is 5. The van der Waals surface area contributed by atoms with Crippen LogP contribution in [0.3, 0.4) is 0 Å². The lowest BCUT2D eigenvalue weighted by Crippen LogP contribution is -2.08. The van der Waals surface area contributed by atoms with E-state index in [-0.39, 0.29) is 29.2 Å². The topological polar surface area (TPSA) is 49.2 Å². The number of ether oxygens (including phenoxy) is 2. The van der Waals surface area contributed by atoms with Crippen LogP contribution in [0.25, 0.3) is 11.0 Å². The average Bonchev–Trinajstić information content (AvgIpc) is 2.88. The normalized spacial score (nSPS) is 11.9. The number of alkyl halides is 3. The van der Waals surface area contributed by atoms with Gasteiger partial charge in [-0.25, -0.2) is 9.67 Å². The first-order valence-corrected chi connectivity index (χ1v) is 7.90. The molecule has 1 aromatic carbocycles. The third-order valence-electron chi connectivity index (χ3n) is 3.87. The fourth-order valence-corrected chi connectivity index (χ4v) is 2.79. The maximum atomic E-state index is 13.5. The molecule has 2 heterocycles. The van der Waals surface area contributed by atoms with Gasteiger partial charge >= 0.3 is 6.18 Å². The summed E-state index contributed by atoms with van der Waals surface area (Å²) in [6.07, 6.45) is -4.52. The van der Waals surface area contributed by atoms with E-state index in [1.165, 1.54) is 11.6 Å². The van der Waals surface area contributed by atoms with Crippen molar-refractivity contribution in [3.05, 3.63) is 52.7 Å². The number of methoxy groups -OCH3 is 1. The van der Waals surface area contributed by atoms with E-state index in [2.05, 4.69) is 10.1 Å². The first kappa shape index (κ1) is 18.2. The lowest BCUT2D eigenvalue weighted by molar-refractivity contribution is -0.136. The summed E-state index contributed by atoms with van der Waals surface area (Å²) in [5.74, 6) is -0.0838. The number of aromatic nitrogens is 3. The van der Waals surface area contributed by atoms with Crippen molar-refractivity contribution in [3.63, 3.8) is 0 Å². The van der Waals surface area contributed by atoms with Crippen LogP contribution in [0.4, 0.5) is 13.2 Å². The lowest BCUT2D eigenvalue weighted by Gasteiger charge is -2.11. The molecule has 8 heteroatoms. The Kier molecular flexibility index (Phi) is 4.86. The van der Waals surface area contributed by atoms with Crippen molar-refractivity contribution in [1.82, 2.24) is 14.8 Å². The number of pyridine rings is 1. The highest BCUT2D eigenvalue weighted by molar-refractivity contribution is 5.85. The molecular formula is C18H18F3N3O2. The molecule has 0 saturated heterocycles. The van der Waals surface area contributed by atoms with E-state index in [1.54, 1.807) is 14.2 Å². The number of aryl methyl sites for hydroxylation is 2. The molecule has 0 unspecified atom stereocenters. The molecule has 0 aliphatic rings. The van der Waals surface area contributed by atoms with Gasteiger partial charge in [0.1, 0.15) is 6.61 Å². The van der Waals surface area contributed by atoms with Crippen LogP contribution in [-0.4, -0.2) is 21.9 Å².